The SMILES string of the molecule is O=S1(=O)C2C(c3ccccc3)=NOC2C2ON=C(c3ccccc3)C21. The first-order valence-corrected chi connectivity index (χ1v) is 9.60. The van der Waals surface area contributed by atoms with Gasteiger partial charge in [-0.15, -0.1) is 0 Å². The van der Waals surface area contributed by atoms with Crippen molar-refractivity contribution in [3.05, 3.63) is 71.8 Å². The molecule has 3 heterocycles. The summed E-state index contributed by atoms with van der Waals surface area (Å²) in [5, 5.41) is 6.43. The van der Waals surface area contributed by atoms with Crippen LogP contribution in [0.25, 0.3) is 0 Å². The van der Waals surface area contributed by atoms with Crippen LogP contribution in [0.3, 0.4) is 0 Å². The van der Waals surface area contributed by atoms with Crippen molar-refractivity contribution in [2.45, 2.75) is 22.7 Å². The molecule has 4 unspecified atom stereocenters. The van der Waals surface area contributed by atoms with Crippen molar-refractivity contribution in [3.8, 4) is 0 Å². The van der Waals surface area contributed by atoms with Gasteiger partial charge in [0.2, 0.25) is 0 Å². The standard InChI is InChI=1S/C18H14N2O4S/c21-25(22)17-13(11-7-3-1-4-8-11)19-23-15(17)16-18(25)14(20-24-16)12-9-5-2-6-10-12/h1-10,15-18H. The van der Waals surface area contributed by atoms with Crippen molar-refractivity contribution in [2.24, 2.45) is 10.3 Å². The highest BCUT2D eigenvalue weighted by Crippen LogP contribution is 2.42. The minimum absolute atomic E-state index is 0.441. The highest BCUT2D eigenvalue weighted by molar-refractivity contribution is 7.94. The van der Waals surface area contributed by atoms with Gasteiger partial charge in [0.1, 0.15) is 11.4 Å². The van der Waals surface area contributed by atoms with E-state index in [1.807, 2.05) is 60.7 Å². The van der Waals surface area contributed by atoms with E-state index in [0.717, 1.165) is 11.1 Å². The van der Waals surface area contributed by atoms with Crippen LogP contribution in [0.4, 0.5) is 0 Å². The average molecular weight is 354 g/mol. The Hall–Kier alpha value is -2.67. The minimum Gasteiger partial charge on any atom is -0.386 e. The number of rotatable bonds is 2. The summed E-state index contributed by atoms with van der Waals surface area (Å²) in [6.45, 7) is 0. The lowest BCUT2D eigenvalue weighted by Crippen LogP contribution is -2.35. The van der Waals surface area contributed by atoms with Crippen molar-refractivity contribution < 1.29 is 18.1 Å². The fraction of sp³-hybridized carbons (Fsp3) is 0.222. The molecule has 3 aliphatic rings. The summed E-state index contributed by atoms with van der Waals surface area (Å²) in [4.78, 5) is 11.0. The summed E-state index contributed by atoms with van der Waals surface area (Å²) in [5.74, 6) is 0. The third kappa shape index (κ3) is 1.99. The predicted octanol–water partition coefficient (Wildman–Crippen LogP) is 1.76. The molecule has 0 saturated carbocycles. The first-order chi connectivity index (χ1) is 12.2. The lowest BCUT2D eigenvalue weighted by atomic mass is 9.98. The van der Waals surface area contributed by atoms with Crippen molar-refractivity contribution in [3.63, 3.8) is 0 Å². The molecule has 25 heavy (non-hydrogen) atoms. The summed E-state index contributed by atoms with van der Waals surface area (Å²) in [7, 11) is -3.61. The maximum absolute atomic E-state index is 13.3. The molecule has 6 nitrogen and oxygen atoms in total. The quantitative estimate of drug-likeness (QED) is 0.823. The summed E-state index contributed by atoms with van der Waals surface area (Å²) < 4.78 is 26.6. The first-order valence-electron chi connectivity index (χ1n) is 7.99. The zero-order valence-electron chi connectivity index (χ0n) is 13.0. The summed E-state index contributed by atoms with van der Waals surface area (Å²) in [6.07, 6.45) is -1.34. The predicted molar refractivity (Wildman–Crippen MR) is 92.2 cm³/mol. The van der Waals surface area contributed by atoms with Crippen molar-refractivity contribution in [1.82, 2.24) is 0 Å². The second-order valence-corrected chi connectivity index (χ2v) is 8.45. The van der Waals surface area contributed by atoms with E-state index in [9.17, 15) is 8.42 Å². The monoisotopic (exact) mass is 354 g/mol. The molecule has 0 amide bonds. The molecule has 7 heteroatoms. The first kappa shape index (κ1) is 14.7. The normalized spacial score (nSPS) is 31.4. The smallest absolute Gasteiger partial charge is 0.191 e. The van der Waals surface area contributed by atoms with Gasteiger partial charge in [0.15, 0.2) is 32.5 Å². The van der Waals surface area contributed by atoms with E-state index in [-0.39, 0.29) is 0 Å². The lowest BCUT2D eigenvalue weighted by molar-refractivity contribution is -0.0332. The van der Waals surface area contributed by atoms with Gasteiger partial charge in [-0.3, -0.25) is 0 Å². The zero-order chi connectivity index (χ0) is 17.0. The van der Waals surface area contributed by atoms with Crippen molar-refractivity contribution in [2.75, 3.05) is 0 Å². The highest BCUT2D eigenvalue weighted by Gasteiger charge is 2.66. The van der Waals surface area contributed by atoms with E-state index in [4.69, 9.17) is 9.68 Å². The number of nitrogens with zero attached hydrogens (tertiary/aromatic N) is 2. The fourth-order valence-corrected chi connectivity index (χ4v) is 6.17. The molecule has 3 aliphatic heterocycles. The van der Waals surface area contributed by atoms with E-state index in [1.165, 1.54) is 0 Å². The number of fused-ring (bicyclic) bond motifs is 3. The molecule has 0 bridgehead atoms. The molecule has 1 saturated heterocycles. The van der Waals surface area contributed by atoms with Crippen LogP contribution in [-0.2, 0) is 19.5 Å². The molecule has 126 valence electrons. The molecule has 2 aromatic carbocycles. The maximum atomic E-state index is 13.3. The molecule has 0 spiro atoms. The van der Waals surface area contributed by atoms with Crippen LogP contribution in [0.2, 0.25) is 0 Å². The molecule has 1 fully saturated rings. The minimum atomic E-state index is -3.61. The van der Waals surface area contributed by atoms with E-state index in [2.05, 4.69) is 10.3 Å². The molecular weight excluding hydrogens is 340 g/mol. The second kappa shape index (κ2) is 5.16. The van der Waals surface area contributed by atoms with Crippen LogP contribution in [0, 0.1) is 0 Å². The van der Waals surface area contributed by atoms with Crippen LogP contribution in [-0.4, -0.2) is 42.5 Å². The van der Waals surface area contributed by atoms with E-state index in [0.29, 0.717) is 11.4 Å². The van der Waals surface area contributed by atoms with Gasteiger partial charge < -0.3 is 9.68 Å². The molecule has 4 atom stereocenters. The Morgan fingerprint density at radius 2 is 1.08 bits per heavy atom. The topological polar surface area (TPSA) is 77.3 Å². The molecule has 5 rings (SSSR count). The Balaban J connectivity index is 1.57. The Bertz CT molecular complexity index is 911. The van der Waals surface area contributed by atoms with Crippen LogP contribution < -0.4 is 0 Å². The largest absolute Gasteiger partial charge is 0.386 e. The van der Waals surface area contributed by atoms with Crippen LogP contribution >= 0.6 is 0 Å². The zero-order valence-corrected chi connectivity index (χ0v) is 13.8. The summed E-state index contributed by atoms with van der Waals surface area (Å²) >= 11 is 0. The molecule has 0 N–H and O–H groups in total. The number of sulfone groups is 1. The van der Waals surface area contributed by atoms with E-state index >= 15 is 0 Å². The summed E-state index contributed by atoms with van der Waals surface area (Å²) in [6, 6.07) is 18.5. The highest BCUT2D eigenvalue weighted by atomic mass is 32.2. The van der Waals surface area contributed by atoms with Gasteiger partial charge in [-0.1, -0.05) is 71.0 Å². The summed E-state index contributed by atoms with van der Waals surface area (Å²) in [5.41, 5.74) is 2.38. The van der Waals surface area contributed by atoms with Crippen LogP contribution in [0.5, 0.6) is 0 Å². The van der Waals surface area contributed by atoms with Crippen LogP contribution in [0.1, 0.15) is 11.1 Å². The lowest BCUT2D eigenvalue weighted by Gasteiger charge is -2.12. The Kier molecular flexibility index (Phi) is 3.03. The van der Waals surface area contributed by atoms with E-state index in [1.54, 1.807) is 0 Å². The Labute approximate surface area is 144 Å². The Morgan fingerprint density at radius 1 is 0.680 bits per heavy atom. The average Bonchev–Trinajstić information content (AvgIpc) is 3.32. The van der Waals surface area contributed by atoms with E-state index < -0.39 is 32.5 Å². The van der Waals surface area contributed by atoms with Gasteiger partial charge in [-0.2, -0.15) is 0 Å². The Morgan fingerprint density at radius 3 is 1.48 bits per heavy atom. The molecule has 2 aromatic rings. The maximum Gasteiger partial charge on any atom is 0.191 e. The van der Waals surface area contributed by atoms with Gasteiger partial charge >= 0.3 is 0 Å². The molecular formula is C18H14N2O4S. The fourth-order valence-electron chi connectivity index (χ4n) is 3.72. The van der Waals surface area contributed by atoms with Crippen molar-refractivity contribution >= 4 is 21.3 Å². The number of oxime groups is 2. The van der Waals surface area contributed by atoms with Gasteiger partial charge in [0, 0.05) is 11.1 Å². The molecule has 0 aromatic heterocycles. The van der Waals surface area contributed by atoms with Gasteiger partial charge in [-0.05, 0) is 0 Å². The number of benzene rings is 2. The van der Waals surface area contributed by atoms with Gasteiger partial charge in [-0.25, -0.2) is 8.42 Å². The van der Waals surface area contributed by atoms with Crippen LogP contribution in [0.15, 0.2) is 71.0 Å². The third-order valence-electron chi connectivity index (χ3n) is 4.85. The second-order valence-electron chi connectivity index (χ2n) is 6.26. The molecule has 0 radical (unpaired) electrons. The number of hydrogen-bond acceptors (Lipinski definition) is 6. The molecule has 0 aliphatic carbocycles. The van der Waals surface area contributed by atoms with Gasteiger partial charge in [0.05, 0.1) is 0 Å². The number of hydrogen-bond donors (Lipinski definition) is 0. The third-order valence-corrected chi connectivity index (χ3v) is 7.25. The van der Waals surface area contributed by atoms with Crippen molar-refractivity contribution in [1.29, 1.82) is 0 Å². The van der Waals surface area contributed by atoms with Gasteiger partial charge in [0.25, 0.3) is 0 Å².